The van der Waals surface area contributed by atoms with E-state index in [1.807, 2.05) is 0 Å². The van der Waals surface area contributed by atoms with Gasteiger partial charge in [0.15, 0.2) is 0 Å². The van der Waals surface area contributed by atoms with Crippen molar-refractivity contribution in [1.82, 2.24) is 9.97 Å². The predicted octanol–water partition coefficient (Wildman–Crippen LogP) is 1.71. The summed E-state index contributed by atoms with van der Waals surface area (Å²) in [5, 5.41) is 0. The molecule has 3 heteroatoms. The molecule has 0 aliphatic rings. The minimum absolute atomic E-state index is 0.440. The van der Waals surface area contributed by atoms with E-state index in [4.69, 9.17) is 5.73 Å². The van der Waals surface area contributed by atoms with E-state index in [9.17, 15) is 0 Å². The second-order valence-corrected chi connectivity index (χ2v) is 3.49. The van der Waals surface area contributed by atoms with E-state index >= 15 is 0 Å². The number of fused-ring (bicyclic) bond motifs is 1. The van der Waals surface area contributed by atoms with Crippen LogP contribution in [0.3, 0.4) is 0 Å². The number of aromatic nitrogens is 2. The van der Waals surface area contributed by atoms with E-state index < -0.39 is 0 Å². The Morgan fingerprint density at radius 3 is 2.43 bits per heavy atom. The number of nitrogens with zero attached hydrogens (tertiary/aromatic N) is 2. The van der Waals surface area contributed by atoms with Crippen LogP contribution in [0.25, 0.3) is 11.0 Å². The highest BCUT2D eigenvalue weighted by molar-refractivity contribution is 5.76. The molecule has 1 aromatic carbocycles. The van der Waals surface area contributed by atoms with Crippen LogP contribution in [0.2, 0.25) is 0 Å². The van der Waals surface area contributed by atoms with Crippen molar-refractivity contribution in [3.8, 4) is 0 Å². The Morgan fingerprint density at radius 1 is 1.14 bits per heavy atom. The smallest absolute Gasteiger partial charge is 0.0893 e. The molecule has 0 aliphatic carbocycles. The number of nitrogens with two attached hydrogens (primary N) is 1. The van der Waals surface area contributed by atoms with E-state index in [-0.39, 0.29) is 0 Å². The van der Waals surface area contributed by atoms with Gasteiger partial charge in [0, 0.05) is 6.54 Å². The fourth-order valence-corrected chi connectivity index (χ4v) is 1.40. The van der Waals surface area contributed by atoms with Crippen molar-refractivity contribution in [2.24, 2.45) is 5.73 Å². The van der Waals surface area contributed by atoms with Crippen molar-refractivity contribution in [2.75, 3.05) is 0 Å². The zero-order valence-electron chi connectivity index (χ0n) is 8.41. The lowest BCUT2D eigenvalue weighted by Crippen LogP contribution is -2.00. The quantitative estimate of drug-likeness (QED) is 0.739. The zero-order chi connectivity index (χ0) is 10.1. The molecule has 0 saturated heterocycles. The van der Waals surface area contributed by atoms with Crippen LogP contribution in [0.4, 0.5) is 0 Å². The number of hydrogen-bond acceptors (Lipinski definition) is 3. The Bertz CT molecular complexity index is 477. The Morgan fingerprint density at radius 2 is 1.79 bits per heavy atom. The molecule has 2 aromatic rings. The van der Waals surface area contributed by atoms with Gasteiger partial charge in [0.2, 0.25) is 0 Å². The van der Waals surface area contributed by atoms with E-state index in [0.29, 0.717) is 6.54 Å². The molecule has 0 fully saturated rings. The summed E-state index contributed by atoms with van der Waals surface area (Å²) in [5.41, 5.74) is 10.7. The first-order chi connectivity index (χ1) is 6.70. The molecule has 0 aliphatic heterocycles. The molecule has 1 heterocycles. The van der Waals surface area contributed by atoms with Gasteiger partial charge in [-0.05, 0) is 37.1 Å². The van der Waals surface area contributed by atoms with Crippen molar-refractivity contribution in [2.45, 2.75) is 20.4 Å². The molecule has 0 radical (unpaired) electrons. The fourth-order valence-electron chi connectivity index (χ4n) is 1.40. The maximum absolute atomic E-state index is 5.51. The maximum atomic E-state index is 5.51. The van der Waals surface area contributed by atoms with Gasteiger partial charge in [0.1, 0.15) is 0 Å². The predicted molar refractivity (Wildman–Crippen MR) is 56.9 cm³/mol. The van der Waals surface area contributed by atoms with E-state index in [0.717, 1.165) is 16.7 Å². The molecule has 0 unspecified atom stereocenters. The van der Waals surface area contributed by atoms with Gasteiger partial charge in [-0.3, -0.25) is 4.98 Å². The fraction of sp³-hybridized carbons (Fsp3) is 0.273. The second kappa shape index (κ2) is 3.35. The highest BCUT2D eigenvalue weighted by Crippen LogP contribution is 2.15. The van der Waals surface area contributed by atoms with Gasteiger partial charge in [0.25, 0.3) is 0 Å². The highest BCUT2D eigenvalue weighted by Gasteiger charge is 2.01. The van der Waals surface area contributed by atoms with Crippen molar-refractivity contribution in [3.63, 3.8) is 0 Å². The Kier molecular flexibility index (Phi) is 2.17. The van der Waals surface area contributed by atoms with Gasteiger partial charge in [-0.1, -0.05) is 0 Å². The molecular formula is C11H13N3. The lowest BCUT2D eigenvalue weighted by atomic mass is 10.1. The third kappa shape index (κ3) is 1.46. The average Bonchev–Trinajstić information content (AvgIpc) is 2.19. The van der Waals surface area contributed by atoms with Crippen LogP contribution in [0, 0.1) is 13.8 Å². The van der Waals surface area contributed by atoms with Crippen LogP contribution >= 0.6 is 0 Å². The monoisotopic (exact) mass is 187 g/mol. The van der Waals surface area contributed by atoms with Gasteiger partial charge >= 0.3 is 0 Å². The lowest BCUT2D eigenvalue weighted by Gasteiger charge is -2.03. The SMILES string of the molecule is Cc1cc2ncc(CN)nc2cc1C. The third-order valence-corrected chi connectivity index (χ3v) is 2.42. The molecule has 0 saturated carbocycles. The molecule has 2 N–H and O–H groups in total. The third-order valence-electron chi connectivity index (χ3n) is 2.42. The summed E-state index contributed by atoms with van der Waals surface area (Å²) in [5.74, 6) is 0. The lowest BCUT2D eigenvalue weighted by molar-refractivity contribution is 0.986. The Hall–Kier alpha value is -1.48. The molecule has 0 spiro atoms. The molecule has 0 bridgehead atoms. The summed E-state index contributed by atoms with van der Waals surface area (Å²) < 4.78 is 0. The van der Waals surface area contributed by atoms with Crippen molar-refractivity contribution >= 4 is 11.0 Å². The van der Waals surface area contributed by atoms with Crippen LogP contribution in [-0.2, 0) is 6.54 Å². The van der Waals surface area contributed by atoms with Crippen molar-refractivity contribution in [3.05, 3.63) is 35.2 Å². The van der Waals surface area contributed by atoms with Crippen LogP contribution in [0.15, 0.2) is 18.3 Å². The molecule has 72 valence electrons. The van der Waals surface area contributed by atoms with E-state index in [1.165, 1.54) is 11.1 Å². The normalized spacial score (nSPS) is 10.8. The molecule has 2 rings (SSSR count). The summed E-state index contributed by atoms with van der Waals surface area (Å²) in [6.45, 7) is 4.59. The Labute approximate surface area is 83.0 Å². The standard InChI is InChI=1S/C11H13N3/c1-7-3-10-11(4-8(7)2)14-9(5-12)6-13-10/h3-4,6H,5,12H2,1-2H3. The second-order valence-electron chi connectivity index (χ2n) is 3.49. The molecule has 0 atom stereocenters. The van der Waals surface area contributed by atoms with Crippen LogP contribution in [0.5, 0.6) is 0 Å². The summed E-state index contributed by atoms with van der Waals surface area (Å²) in [6, 6.07) is 4.11. The van der Waals surface area contributed by atoms with Gasteiger partial charge in [0.05, 0.1) is 22.9 Å². The minimum atomic E-state index is 0.440. The van der Waals surface area contributed by atoms with Crippen molar-refractivity contribution < 1.29 is 0 Å². The first-order valence-electron chi connectivity index (χ1n) is 4.63. The summed E-state index contributed by atoms with van der Waals surface area (Å²) in [7, 11) is 0. The van der Waals surface area contributed by atoms with Crippen LogP contribution in [0.1, 0.15) is 16.8 Å². The van der Waals surface area contributed by atoms with Crippen molar-refractivity contribution in [1.29, 1.82) is 0 Å². The number of benzene rings is 1. The van der Waals surface area contributed by atoms with E-state index in [1.54, 1.807) is 6.20 Å². The first kappa shape index (κ1) is 9.09. The van der Waals surface area contributed by atoms with Gasteiger partial charge in [-0.15, -0.1) is 0 Å². The van der Waals surface area contributed by atoms with Crippen LogP contribution < -0.4 is 5.73 Å². The average molecular weight is 187 g/mol. The van der Waals surface area contributed by atoms with Crippen LogP contribution in [-0.4, -0.2) is 9.97 Å². The summed E-state index contributed by atoms with van der Waals surface area (Å²) >= 11 is 0. The molecular weight excluding hydrogens is 174 g/mol. The first-order valence-corrected chi connectivity index (χ1v) is 4.63. The number of aryl methyl sites for hydroxylation is 2. The maximum Gasteiger partial charge on any atom is 0.0893 e. The molecule has 0 amide bonds. The van der Waals surface area contributed by atoms with Gasteiger partial charge in [-0.25, -0.2) is 4.98 Å². The topological polar surface area (TPSA) is 51.8 Å². The Balaban J connectivity index is 2.70. The van der Waals surface area contributed by atoms with Gasteiger partial charge in [-0.2, -0.15) is 0 Å². The largest absolute Gasteiger partial charge is 0.325 e. The number of rotatable bonds is 1. The highest BCUT2D eigenvalue weighted by atomic mass is 14.8. The minimum Gasteiger partial charge on any atom is -0.325 e. The number of hydrogen-bond donors (Lipinski definition) is 1. The van der Waals surface area contributed by atoms with E-state index in [2.05, 4.69) is 35.9 Å². The summed E-state index contributed by atoms with van der Waals surface area (Å²) in [6.07, 6.45) is 1.73. The zero-order valence-corrected chi connectivity index (χ0v) is 8.41. The van der Waals surface area contributed by atoms with Gasteiger partial charge < -0.3 is 5.73 Å². The molecule has 1 aromatic heterocycles. The molecule has 14 heavy (non-hydrogen) atoms. The summed E-state index contributed by atoms with van der Waals surface area (Å²) in [4.78, 5) is 8.72. The molecule has 3 nitrogen and oxygen atoms in total.